The molecule has 2 unspecified atom stereocenters. The van der Waals surface area contributed by atoms with E-state index in [9.17, 15) is 9.90 Å². The molecule has 1 heterocycles. The molecule has 102 valence electrons. The van der Waals surface area contributed by atoms with Gasteiger partial charge in [0.2, 0.25) is 0 Å². The van der Waals surface area contributed by atoms with Crippen molar-refractivity contribution < 1.29 is 9.90 Å². The number of benzene rings is 1. The van der Waals surface area contributed by atoms with Crippen molar-refractivity contribution in [2.75, 3.05) is 17.2 Å². The zero-order valence-corrected chi connectivity index (χ0v) is 11.0. The van der Waals surface area contributed by atoms with Crippen molar-refractivity contribution in [1.29, 1.82) is 0 Å². The summed E-state index contributed by atoms with van der Waals surface area (Å²) in [5.74, 6) is -0.143. The quantitative estimate of drug-likeness (QED) is 0.802. The van der Waals surface area contributed by atoms with Crippen LogP contribution in [0.1, 0.15) is 42.5 Å². The monoisotopic (exact) mass is 260 g/mol. The third-order valence-electron chi connectivity index (χ3n) is 4.55. The zero-order chi connectivity index (χ0) is 13.4. The smallest absolute Gasteiger partial charge is 0.337 e. The van der Waals surface area contributed by atoms with Crippen LogP contribution in [0.5, 0.6) is 0 Å². The fourth-order valence-electron chi connectivity index (χ4n) is 3.73. The maximum Gasteiger partial charge on any atom is 0.337 e. The molecule has 4 nitrogen and oxygen atoms in total. The van der Waals surface area contributed by atoms with Gasteiger partial charge in [0.15, 0.2) is 0 Å². The van der Waals surface area contributed by atoms with Gasteiger partial charge >= 0.3 is 5.97 Å². The molecule has 1 aromatic rings. The molecule has 19 heavy (non-hydrogen) atoms. The first kappa shape index (κ1) is 12.3. The fourth-order valence-corrected chi connectivity index (χ4v) is 3.73. The molecular weight excluding hydrogens is 240 g/mol. The summed E-state index contributed by atoms with van der Waals surface area (Å²) in [5, 5.41) is 9.38. The topological polar surface area (TPSA) is 66.6 Å². The fraction of sp³-hybridized carbons (Fsp3) is 0.533. The van der Waals surface area contributed by atoms with Crippen LogP contribution >= 0.6 is 0 Å². The van der Waals surface area contributed by atoms with E-state index in [2.05, 4.69) is 4.90 Å². The van der Waals surface area contributed by atoms with Crippen molar-refractivity contribution >= 4 is 17.3 Å². The van der Waals surface area contributed by atoms with Gasteiger partial charge in [0.05, 0.1) is 11.3 Å². The molecule has 2 fully saturated rings. The second-order valence-corrected chi connectivity index (χ2v) is 5.68. The number of anilines is 2. The Bertz CT molecular complexity index is 501. The molecule has 4 heteroatoms. The highest BCUT2D eigenvalue weighted by Gasteiger charge is 2.36. The molecule has 1 aromatic carbocycles. The minimum absolute atomic E-state index is 0.340. The third-order valence-corrected chi connectivity index (χ3v) is 4.55. The second-order valence-electron chi connectivity index (χ2n) is 5.68. The molecule has 2 atom stereocenters. The molecular formula is C15H20N2O2. The molecule has 1 saturated carbocycles. The SMILES string of the molecule is Nc1ccc(N2CCCC3CCCC32)c(C(=O)O)c1. The number of hydrogen-bond acceptors (Lipinski definition) is 3. The Morgan fingerprint density at radius 2 is 2.05 bits per heavy atom. The van der Waals surface area contributed by atoms with Crippen molar-refractivity contribution in [3.63, 3.8) is 0 Å². The van der Waals surface area contributed by atoms with Crippen LogP contribution in [0.4, 0.5) is 11.4 Å². The first-order valence-corrected chi connectivity index (χ1v) is 7.06. The van der Waals surface area contributed by atoms with Crippen LogP contribution < -0.4 is 10.6 Å². The lowest BCUT2D eigenvalue weighted by Crippen LogP contribution is -2.43. The minimum Gasteiger partial charge on any atom is -0.478 e. The van der Waals surface area contributed by atoms with Crippen LogP contribution in [-0.2, 0) is 0 Å². The highest BCUT2D eigenvalue weighted by Crippen LogP contribution is 2.40. The minimum atomic E-state index is -0.887. The van der Waals surface area contributed by atoms with Crippen LogP contribution in [0.15, 0.2) is 18.2 Å². The van der Waals surface area contributed by atoms with Gasteiger partial charge in [-0.2, -0.15) is 0 Å². The Morgan fingerprint density at radius 3 is 2.84 bits per heavy atom. The number of aromatic carboxylic acids is 1. The molecule has 3 N–H and O–H groups in total. The van der Waals surface area contributed by atoms with E-state index in [0.717, 1.165) is 24.6 Å². The molecule has 0 bridgehead atoms. The van der Waals surface area contributed by atoms with Crippen LogP contribution in [0.3, 0.4) is 0 Å². The number of piperidine rings is 1. The van der Waals surface area contributed by atoms with Crippen LogP contribution in [-0.4, -0.2) is 23.7 Å². The summed E-state index contributed by atoms with van der Waals surface area (Å²) >= 11 is 0. The molecule has 3 rings (SSSR count). The Morgan fingerprint density at radius 1 is 1.26 bits per heavy atom. The summed E-state index contributed by atoms with van der Waals surface area (Å²) in [6, 6.07) is 5.78. The Labute approximate surface area is 113 Å². The van der Waals surface area contributed by atoms with E-state index < -0.39 is 5.97 Å². The first-order chi connectivity index (χ1) is 9.16. The third kappa shape index (κ3) is 2.15. The summed E-state index contributed by atoms with van der Waals surface area (Å²) in [6.45, 7) is 0.964. The van der Waals surface area contributed by atoms with Crippen LogP contribution in [0.2, 0.25) is 0 Å². The normalized spacial score (nSPS) is 26.2. The van der Waals surface area contributed by atoms with E-state index in [1.54, 1.807) is 12.1 Å². The molecule has 0 spiro atoms. The molecule has 0 aromatic heterocycles. The lowest BCUT2D eigenvalue weighted by atomic mass is 9.91. The van der Waals surface area contributed by atoms with E-state index in [4.69, 9.17) is 5.73 Å². The largest absolute Gasteiger partial charge is 0.478 e. The average Bonchev–Trinajstić information content (AvgIpc) is 2.86. The van der Waals surface area contributed by atoms with Gasteiger partial charge in [0.1, 0.15) is 0 Å². The van der Waals surface area contributed by atoms with Gasteiger partial charge in [-0.15, -0.1) is 0 Å². The number of hydrogen-bond donors (Lipinski definition) is 2. The lowest BCUT2D eigenvalue weighted by Gasteiger charge is -2.40. The van der Waals surface area contributed by atoms with Gasteiger partial charge in [0.25, 0.3) is 0 Å². The van der Waals surface area contributed by atoms with Crippen molar-refractivity contribution in [2.45, 2.75) is 38.1 Å². The predicted molar refractivity (Wildman–Crippen MR) is 75.5 cm³/mol. The summed E-state index contributed by atoms with van der Waals surface area (Å²) in [6.07, 6.45) is 6.19. The zero-order valence-electron chi connectivity index (χ0n) is 11.0. The van der Waals surface area contributed by atoms with Crippen LogP contribution in [0.25, 0.3) is 0 Å². The molecule has 0 radical (unpaired) electrons. The van der Waals surface area contributed by atoms with E-state index in [-0.39, 0.29) is 0 Å². The first-order valence-electron chi connectivity index (χ1n) is 7.06. The molecule has 2 aliphatic rings. The van der Waals surface area contributed by atoms with E-state index >= 15 is 0 Å². The molecule has 1 aliphatic carbocycles. The van der Waals surface area contributed by atoms with Gasteiger partial charge < -0.3 is 15.7 Å². The van der Waals surface area contributed by atoms with Crippen molar-refractivity contribution in [2.24, 2.45) is 5.92 Å². The number of carbonyl (C=O) groups is 1. The van der Waals surface area contributed by atoms with Gasteiger partial charge in [-0.25, -0.2) is 4.79 Å². The van der Waals surface area contributed by atoms with Gasteiger partial charge in [-0.05, 0) is 49.8 Å². The Balaban J connectivity index is 1.98. The predicted octanol–water partition coefficient (Wildman–Crippen LogP) is 2.74. The number of nitrogen functional groups attached to an aromatic ring is 1. The van der Waals surface area contributed by atoms with Crippen LogP contribution in [0, 0.1) is 5.92 Å². The molecule has 1 aliphatic heterocycles. The number of nitrogens with zero attached hydrogens (tertiary/aromatic N) is 1. The highest BCUT2D eigenvalue weighted by molar-refractivity contribution is 5.95. The lowest BCUT2D eigenvalue weighted by molar-refractivity contribution is 0.0697. The van der Waals surface area contributed by atoms with Gasteiger partial charge in [-0.3, -0.25) is 0 Å². The van der Waals surface area contributed by atoms with Crippen molar-refractivity contribution in [1.82, 2.24) is 0 Å². The number of carboxylic acids is 1. The average molecular weight is 260 g/mol. The Hall–Kier alpha value is -1.71. The van der Waals surface area contributed by atoms with Crippen molar-refractivity contribution in [3.05, 3.63) is 23.8 Å². The number of fused-ring (bicyclic) bond motifs is 1. The second kappa shape index (κ2) is 4.76. The van der Waals surface area contributed by atoms with Crippen molar-refractivity contribution in [3.8, 4) is 0 Å². The van der Waals surface area contributed by atoms with E-state index in [1.165, 1.54) is 25.7 Å². The Kier molecular flexibility index (Phi) is 3.09. The highest BCUT2D eigenvalue weighted by atomic mass is 16.4. The van der Waals surface area contributed by atoms with Gasteiger partial charge in [-0.1, -0.05) is 6.42 Å². The maximum absolute atomic E-state index is 11.4. The van der Waals surface area contributed by atoms with E-state index in [0.29, 0.717) is 17.3 Å². The number of carboxylic acid groups (broad SMARTS) is 1. The molecule has 0 amide bonds. The number of nitrogens with two attached hydrogens (primary N) is 1. The standard InChI is InChI=1S/C15H20N2O2/c16-11-6-7-14(12(9-11)15(18)19)17-8-2-4-10-3-1-5-13(10)17/h6-7,9-10,13H,1-5,8,16H2,(H,18,19). The number of rotatable bonds is 2. The molecule has 1 saturated heterocycles. The summed E-state index contributed by atoms with van der Waals surface area (Å²) < 4.78 is 0. The van der Waals surface area contributed by atoms with E-state index in [1.807, 2.05) is 6.07 Å². The maximum atomic E-state index is 11.4. The summed E-state index contributed by atoms with van der Waals surface area (Å²) in [4.78, 5) is 13.7. The summed E-state index contributed by atoms with van der Waals surface area (Å²) in [7, 11) is 0. The van der Waals surface area contributed by atoms with Gasteiger partial charge in [0, 0.05) is 18.3 Å². The summed E-state index contributed by atoms with van der Waals surface area (Å²) in [5.41, 5.74) is 7.42.